The van der Waals surface area contributed by atoms with Crippen LogP contribution in [0.3, 0.4) is 0 Å². The van der Waals surface area contributed by atoms with Crippen LogP contribution in [0.15, 0.2) is 90.5 Å². The molecule has 0 aromatic heterocycles. The summed E-state index contributed by atoms with van der Waals surface area (Å²) in [6, 6.07) is 14.6. The van der Waals surface area contributed by atoms with Gasteiger partial charge in [-0.25, -0.2) is 0 Å². The number of dihydropyridines is 1. The Kier molecular flexibility index (Phi) is 12.2. The van der Waals surface area contributed by atoms with Gasteiger partial charge in [0.2, 0.25) is 12.2 Å². The molecule has 0 spiro atoms. The minimum Gasteiger partial charge on any atom is -0.499 e. The molecule has 64 heavy (non-hydrogen) atoms. The van der Waals surface area contributed by atoms with E-state index in [0.29, 0.717) is 36.3 Å². The quantitative estimate of drug-likeness (QED) is 0.0853. The summed E-state index contributed by atoms with van der Waals surface area (Å²) in [7, 11) is 0. The lowest BCUT2D eigenvalue weighted by atomic mass is 9.79. The number of nitrogens with one attached hydrogen (secondary N) is 4. The number of rotatable bonds is 11. The van der Waals surface area contributed by atoms with Crippen molar-refractivity contribution in [1.82, 2.24) is 21.3 Å². The van der Waals surface area contributed by atoms with Gasteiger partial charge in [-0.2, -0.15) is 0 Å². The number of aldehydes is 1. The first-order valence-electron chi connectivity index (χ1n) is 21.0. The smallest absolute Gasteiger partial charge is 0.242 e. The van der Waals surface area contributed by atoms with Gasteiger partial charge in [0.25, 0.3) is 0 Å². The Hall–Kier alpha value is -6.16. The van der Waals surface area contributed by atoms with Crippen LogP contribution in [-0.4, -0.2) is 127 Å². The molecule has 1 amide bonds. The van der Waals surface area contributed by atoms with Gasteiger partial charge in [0.05, 0.1) is 37.0 Å². The summed E-state index contributed by atoms with van der Waals surface area (Å²) < 4.78 is 31.9. The highest BCUT2D eigenvalue weighted by Crippen LogP contribution is 2.49. The van der Waals surface area contributed by atoms with Crippen LogP contribution in [-0.2, 0) is 23.8 Å². The van der Waals surface area contributed by atoms with Crippen LogP contribution in [0.4, 0.5) is 5.69 Å². The Balaban J connectivity index is 1.22. The van der Waals surface area contributed by atoms with Gasteiger partial charge in [-0.1, -0.05) is 48.5 Å². The highest BCUT2D eigenvalue weighted by Gasteiger charge is 2.49. The van der Waals surface area contributed by atoms with Crippen molar-refractivity contribution >= 4 is 29.4 Å². The van der Waals surface area contributed by atoms with Gasteiger partial charge < -0.3 is 65.1 Å². The third-order valence-electron chi connectivity index (χ3n) is 12.1. The molecule has 19 nitrogen and oxygen atoms in total. The fourth-order valence-electron chi connectivity index (χ4n) is 8.98. The van der Waals surface area contributed by atoms with E-state index in [4.69, 9.17) is 35.2 Å². The Morgan fingerprint density at radius 1 is 1.00 bits per heavy atom. The lowest BCUT2D eigenvalue weighted by molar-refractivity contribution is -0.287. The van der Waals surface area contributed by atoms with Crippen LogP contribution in [0.5, 0.6) is 11.5 Å². The largest absolute Gasteiger partial charge is 0.499 e. The molecule has 2 bridgehead atoms. The predicted molar refractivity (Wildman–Crippen MR) is 227 cm³/mol. The van der Waals surface area contributed by atoms with Crippen molar-refractivity contribution in [3.63, 3.8) is 0 Å². The number of anilines is 1. The maximum atomic E-state index is 14.7. The molecule has 11 N–H and O–H groups in total. The number of ketones is 2. The lowest BCUT2D eigenvalue weighted by Gasteiger charge is -2.42. The fourth-order valence-corrected chi connectivity index (χ4v) is 8.98. The van der Waals surface area contributed by atoms with E-state index < -0.39 is 79.4 Å². The van der Waals surface area contributed by atoms with Gasteiger partial charge in [-0.3, -0.25) is 30.8 Å². The summed E-state index contributed by atoms with van der Waals surface area (Å²) in [6.45, 7) is 0.0472. The van der Waals surface area contributed by atoms with E-state index in [-0.39, 0.29) is 71.5 Å². The molecule has 9 rings (SSSR count). The maximum Gasteiger partial charge on any atom is 0.242 e. The summed E-state index contributed by atoms with van der Waals surface area (Å²) in [5, 5.41) is 46.1. The number of amides is 1. The molecular formula is C45H49N7O12. The van der Waals surface area contributed by atoms with E-state index >= 15 is 0 Å². The fraction of sp³-hybridized carbons (Fsp3) is 0.378. The van der Waals surface area contributed by atoms with E-state index in [0.717, 1.165) is 5.57 Å². The van der Waals surface area contributed by atoms with Gasteiger partial charge in [0.1, 0.15) is 62.4 Å². The van der Waals surface area contributed by atoms with Crippen molar-refractivity contribution in [2.45, 2.75) is 74.1 Å². The number of benzene rings is 3. The van der Waals surface area contributed by atoms with Gasteiger partial charge in [-0.05, 0) is 41.8 Å². The first-order valence-corrected chi connectivity index (χ1v) is 21.0. The standard InChI is InChI=1S/C45H49N7O12/c46-32-17-22(9-13-48-32)11-16-61-41-38(58)37(57)31-20-60-15-12-24(25-5-3-4-8-30(25)52-21-49-34-42(52)50-45(47)51-43(34)59)28-18-29-33(36(56)27-7-2-1-6-26(27)35(29)55)40(39(28)64-44(41)63-31)62-19-23(54)10-14-53/h1-9,12,14-15,17-18,23-24,31,34,37-38,41-42,44-45,48-50,54,57-58H,10-11,13,16,19-21,46-47H2,(H,51,59)/b15-12+/t23-,24+,31+,34-,37+,38-,41+,42+,44-,45+/m1/s1. The molecule has 3 aromatic carbocycles. The minimum atomic E-state index is -1.58. The van der Waals surface area contributed by atoms with Crippen molar-refractivity contribution < 1.29 is 58.2 Å². The molecule has 3 fully saturated rings. The Labute approximate surface area is 367 Å². The molecular weight excluding hydrogens is 831 g/mol. The number of hydrogen-bond acceptors (Lipinski definition) is 18. The minimum absolute atomic E-state index is 0.0228. The third kappa shape index (κ3) is 8.12. The molecule has 19 heteroatoms. The zero-order valence-electron chi connectivity index (χ0n) is 34.4. The topological polar surface area (TPSA) is 279 Å². The predicted octanol–water partition coefficient (Wildman–Crippen LogP) is -0.579. The zero-order chi connectivity index (χ0) is 44.6. The highest BCUT2D eigenvalue weighted by molar-refractivity contribution is 6.29. The Morgan fingerprint density at radius 3 is 2.58 bits per heavy atom. The van der Waals surface area contributed by atoms with Crippen LogP contribution in [0.2, 0.25) is 0 Å². The number of aliphatic hydroxyl groups excluding tert-OH is 3. The molecule has 3 saturated heterocycles. The van der Waals surface area contributed by atoms with E-state index in [1.807, 2.05) is 35.2 Å². The number of aliphatic hydroxyl groups is 3. The summed E-state index contributed by atoms with van der Waals surface area (Å²) in [5.74, 6) is -2.09. The first kappa shape index (κ1) is 43.1. The van der Waals surface area contributed by atoms with Gasteiger partial charge in [-0.15, -0.1) is 0 Å². The second-order valence-corrected chi connectivity index (χ2v) is 16.2. The normalized spacial score (nSPS) is 29.3. The molecule has 5 aliphatic heterocycles. The average Bonchev–Trinajstić information content (AvgIpc) is 3.70. The first-order chi connectivity index (χ1) is 31.0. The number of ether oxygens (including phenoxy) is 5. The number of carbonyl (C=O) groups excluding carboxylic acids is 4. The molecule has 6 aliphatic rings. The molecule has 0 radical (unpaired) electrons. The second-order valence-electron chi connectivity index (χ2n) is 16.2. The summed E-state index contributed by atoms with van der Waals surface area (Å²) in [4.78, 5) is 55.7. The number of carbonyl (C=O) groups is 4. The lowest BCUT2D eigenvalue weighted by Crippen LogP contribution is -2.70. The van der Waals surface area contributed by atoms with Crippen LogP contribution in [0, 0.1) is 0 Å². The van der Waals surface area contributed by atoms with Crippen molar-refractivity contribution in [2.75, 3.05) is 37.9 Å². The van der Waals surface area contributed by atoms with E-state index in [1.54, 1.807) is 36.4 Å². The summed E-state index contributed by atoms with van der Waals surface area (Å²) in [6.07, 6.45) is -2.39. The van der Waals surface area contributed by atoms with E-state index in [9.17, 15) is 34.5 Å². The molecule has 3 aromatic rings. The van der Waals surface area contributed by atoms with E-state index in [2.05, 4.69) is 21.3 Å². The van der Waals surface area contributed by atoms with Crippen LogP contribution in [0.25, 0.3) is 0 Å². The van der Waals surface area contributed by atoms with Crippen LogP contribution < -0.4 is 47.1 Å². The van der Waals surface area contributed by atoms with Gasteiger partial charge in [0.15, 0.2) is 23.1 Å². The Morgan fingerprint density at radius 2 is 1.78 bits per heavy atom. The maximum absolute atomic E-state index is 14.7. The van der Waals surface area contributed by atoms with Gasteiger partial charge >= 0.3 is 0 Å². The number of nitrogens with zero attached hydrogens (tertiary/aromatic N) is 1. The number of hydrogen-bond donors (Lipinski definition) is 9. The second kappa shape index (κ2) is 18.1. The zero-order valence-corrected chi connectivity index (χ0v) is 34.4. The highest BCUT2D eigenvalue weighted by atomic mass is 16.7. The molecule has 336 valence electrons. The van der Waals surface area contributed by atoms with Crippen molar-refractivity contribution in [1.29, 1.82) is 0 Å². The molecule has 0 unspecified atom stereocenters. The van der Waals surface area contributed by atoms with Crippen molar-refractivity contribution in [3.8, 4) is 11.5 Å². The van der Waals surface area contributed by atoms with Crippen LogP contribution in [0.1, 0.15) is 61.7 Å². The van der Waals surface area contributed by atoms with Crippen molar-refractivity contribution in [3.05, 3.63) is 124 Å². The van der Waals surface area contributed by atoms with Crippen LogP contribution >= 0.6 is 0 Å². The molecule has 0 saturated carbocycles. The number of allylic oxidation sites excluding steroid dienone is 2. The van der Waals surface area contributed by atoms with Gasteiger partial charge in [0, 0.05) is 46.8 Å². The van der Waals surface area contributed by atoms with Crippen molar-refractivity contribution in [2.24, 2.45) is 11.5 Å². The average molecular weight is 880 g/mol. The third-order valence-corrected chi connectivity index (χ3v) is 12.1. The summed E-state index contributed by atoms with van der Waals surface area (Å²) in [5.41, 5.74) is 14.7. The molecule has 5 heterocycles. The summed E-state index contributed by atoms with van der Waals surface area (Å²) >= 11 is 0. The number of para-hydroxylation sites is 1. The molecule has 10 atom stereocenters. The number of fused-ring (bicyclic) bond motifs is 6. The monoisotopic (exact) mass is 879 g/mol. The number of nitrogens with two attached hydrogens (primary N) is 2. The SMILES string of the molecule is NC1=CC(CCO[C@@H]2[C@H]3Oc4c(cc5c(c4OC[C@H](O)CC=O)C(=O)c4ccccc4C5=O)[C@H](c4ccccc4N4CN[C@H]5C(=O)N[C@@H](N)N[C@H]54)/C=C/OC[C@H](O3)[C@H](O)[C@H]2O)=CCN1. The Bertz CT molecular complexity index is 2430. The molecule has 1 aliphatic carbocycles. The van der Waals surface area contributed by atoms with E-state index in [1.165, 1.54) is 12.3 Å².